The van der Waals surface area contributed by atoms with Crippen LogP contribution >= 0.6 is 0 Å². The lowest BCUT2D eigenvalue weighted by Crippen LogP contribution is -2.58. The van der Waals surface area contributed by atoms with Crippen molar-refractivity contribution in [3.63, 3.8) is 0 Å². The van der Waals surface area contributed by atoms with E-state index in [1.807, 2.05) is 5.32 Å². The summed E-state index contributed by atoms with van der Waals surface area (Å²) in [5.41, 5.74) is 10.9. The summed E-state index contributed by atoms with van der Waals surface area (Å²) in [6.45, 7) is -0.973. The second-order valence-corrected chi connectivity index (χ2v) is 7.45. The second-order valence-electron chi connectivity index (χ2n) is 7.45. The predicted molar refractivity (Wildman–Crippen MR) is 116 cm³/mol. The maximum Gasteiger partial charge on any atom is 0.326 e. The van der Waals surface area contributed by atoms with Crippen LogP contribution in [0.4, 0.5) is 0 Å². The fourth-order valence-electron chi connectivity index (χ4n) is 2.78. The summed E-state index contributed by atoms with van der Waals surface area (Å²) in [6.07, 6.45) is -1.69. The number of aromatic hydroxyl groups is 1. The van der Waals surface area contributed by atoms with Gasteiger partial charge in [-0.25, -0.2) is 4.79 Å². The third kappa shape index (κ3) is 10.1. The Labute approximate surface area is 198 Å². The Kier molecular flexibility index (Phi) is 11.1. The molecule has 4 atom stereocenters. The Morgan fingerprint density at radius 3 is 1.80 bits per heavy atom. The molecule has 0 spiro atoms. The molecule has 15 heteroatoms. The van der Waals surface area contributed by atoms with Gasteiger partial charge in [0.1, 0.15) is 23.9 Å². The lowest BCUT2D eigenvalue weighted by Gasteiger charge is -2.23. The van der Waals surface area contributed by atoms with E-state index in [1.165, 1.54) is 24.3 Å². The van der Waals surface area contributed by atoms with E-state index in [0.29, 0.717) is 5.56 Å². The fourth-order valence-corrected chi connectivity index (χ4v) is 2.78. The van der Waals surface area contributed by atoms with Gasteiger partial charge in [0.2, 0.25) is 23.6 Å². The molecule has 1 rings (SSSR count). The van der Waals surface area contributed by atoms with Crippen LogP contribution in [-0.2, 0) is 35.2 Å². The molecule has 0 heterocycles. The molecule has 1 aromatic rings. The predicted octanol–water partition coefficient (Wildman–Crippen LogP) is -3.86. The minimum Gasteiger partial charge on any atom is -0.508 e. The van der Waals surface area contributed by atoms with Crippen LogP contribution in [0.5, 0.6) is 5.75 Å². The summed E-state index contributed by atoms with van der Waals surface area (Å²) < 4.78 is 0. The van der Waals surface area contributed by atoms with Crippen LogP contribution in [0.15, 0.2) is 24.3 Å². The average molecular weight is 497 g/mol. The first-order valence-electron chi connectivity index (χ1n) is 10.1. The highest BCUT2D eigenvalue weighted by molar-refractivity contribution is 5.96. The number of hydrogen-bond acceptors (Lipinski definition) is 9. The molecule has 192 valence electrons. The normalized spacial score (nSPS) is 14.0. The van der Waals surface area contributed by atoms with Crippen molar-refractivity contribution in [1.82, 2.24) is 16.0 Å². The fraction of sp³-hybridized carbons (Fsp3) is 0.400. The molecule has 15 nitrogen and oxygen atoms in total. The van der Waals surface area contributed by atoms with E-state index in [9.17, 15) is 44.1 Å². The summed E-state index contributed by atoms with van der Waals surface area (Å²) in [5, 5.41) is 43.2. The van der Waals surface area contributed by atoms with Crippen LogP contribution in [0.25, 0.3) is 0 Å². The molecule has 0 aliphatic carbocycles. The van der Waals surface area contributed by atoms with Gasteiger partial charge < -0.3 is 47.8 Å². The molecule has 4 unspecified atom stereocenters. The van der Waals surface area contributed by atoms with E-state index in [4.69, 9.17) is 16.6 Å². The molecule has 35 heavy (non-hydrogen) atoms. The van der Waals surface area contributed by atoms with Crippen LogP contribution in [0, 0.1) is 0 Å². The Morgan fingerprint density at radius 1 is 0.800 bits per heavy atom. The Hall–Kier alpha value is -4.24. The molecule has 0 bridgehead atoms. The summed E-state index contributed by atoms with van der Waals surface area (Å²) in [7, 11) is 0. The zero-order chi connectivity index (χ0) is 26.7. The van der Waals surface area contributed by atoms with Crippen molar-refractivity contribution in [2.45, 2.75) is 43.4 Å². The molecule has 0 fully saturated rings. The van der Waals surface area contributed by atoms with Crippen molar-refractivity contribution in [2.75, 3.05) is 6.61 Å². The van der Waals surface area contributed by atoms with E-state index in [1.54, 1.807) is 0 Å². The van der Waals surface area contributed by atoms with Crippen molar-refractivity contribution in [2.24, 2.45) is 11.5 Å². The number of amides is 4. The summed E-state index contributed by atoms with van der Waals surface area (Å²) >= 11 is 0. The summed E-state index contributed by atoms with van der Waals surface area (Å²) in [6, 6.07) is -0.829. The number of nitrogens with two attached hydrogens (primary N) is 2. The molecule has 4 amide bonds. The SMILES string of the molecule is NC(=O)CC(NC(=O)C(N)CC(=O)O)C(=O)NC(CO)C(=O)NC(Cc1ccc(O)cc1)C(=O)O. The molecule has 0 aromatic heterocycles. The van der Waals surface area contributed by atoms with Gasteiger partial charge in [-0.1, -0.05) is 12.1 Å². The second kappa shape index (κ2) is 13.5. The number of aliphatic hydroxyl groups excluding tert-OH is 1. The number of carbonyl (C=O) groups excluding carboxylic acids is 4. The summed E-state index contributed by atoms with van der Waals surface area (Å²) in [5.74, 6) is -7.19. The number of benzene rings is 1. The van der Waals surface area contributed by atoms with Crippen LogP contribution in [0.2, 0.25) is 0 Å². The molecule has 0 aliphatic rings. The highest BCUT2D eigenvalue weighted by Gasteiger charge is 2.31. The lowest BCUT2D eigenvalue weighted by atomic mass is 10.1. The van der Waals surface area contributed by atoms with Crippen molar-refractivity contribution in [1.29, 1.82) is 0 Å². The van der Waals surface area contributed by atoms with E-state index in [2.05, 4.69) is 10.6 Å². The number of carboxylic acids is 2. The number of nitrogens with one attached hydrogen (secondary N) is 3. The van der Waals surface area contributed by atoms with Crippen LogP contribution in [0.1, 0.15) is 18.4 Å². The molecule has 0 saturated carbocycles. The summed E-state index contributed by atoms with van der Waals surface area (Å²) in [4.78, 5) is 70.7. The topological polar surface area (TPSA) is 271 Å². The van der Waals surface area contributed by atoms with E-state index < -0.39 is 79.2 Å². The average Bonchev–Trinajstić information content (AvgIpc) is 2.76. The van der Waals surface area contributed by atoms with E-state index in [0.717, 1.165) is 0 Å². The zero-order valence-electron chi connectivity index (χ0n) is 18.3. The number of carboxylic acid groups (broad SMARTS) is 2. The van der Waals surface area contributed by atoms with E-state index in [-0.39, 0.29) is 12.2 Å². The first-order valence-corrected chi connectivity index (χ1v) is 10.1. The largest absolute Gasteiger partial charge is 0.508 e. The number of primary amides is 1. The third-order valence-electron chi connectivity index (χ3n) is 4.58. The lowest BCUT2D eigenvalue weighted by molar-refractivity contribution is -0.142. The number of phenolic OH excluding ortho intramolecular Hbond substituents is 1. The van der Waals surface area contributed by atoms with Gasteiger partial charge in [-0.15, -0.1) is 0 Å². The smallest absolute Gasteiger partial charge is 0.326 e. The maximum absolute atomic E-state index is 12.6. The molecular formula is C20H27N5O10. The number of aliphatic carboxylic acids is 2. The monoisotopic (exact) mass is 497 g/mol. The first kappa shape index (κ1) is 28.8. The van der Waals surface area contributed by atoms with Crippen LogP contribution in [-0.4, -0.2) is 86.8 Å². The molecule has 1 aromatic carbocycles. The zero-order valence-corrected chi connectivity index (χ0v) is 18.3. The molecule has 0 aliphatic heterocycles. The molecular weight excluding hydrogens is 470 g/mol. The number of carbonyl (C=O) groups is 6. The maximum atomic E-state index is 12.6. The van der Waals surface area contributed by atoms with Gasteiger partial charge in [-0.05, 0) is 17.7 Å². The third-order valence-corrected chi connectivity index (χ3v) is 4.58. The standard InChI is InChI=1S/C20H27N5O10/c21-11(6-16(29)30)17(31)23-12(7-15(22)28)18(32)25-14(8-26)19(33)24-13(20(34)35)5-9-1-3-10(27)4-2-9/h1-4,11-14,26-27H,5-8,21H2,(H2,22,28)(H,23,31)(H,24,33)(H,25,32)(H,29,30)(H,34,35). The van der Waals surface area contributed by atoms with Gasteiger partial charge in [0.25, 0.3) is 0 Å². The number of phenols is 1. The van der Waals surface area contributed by atoms with Gasteiger partial charge in [0.05, 0.1) is 25.5 Å². The minimum atomic E-state index is -1.68. The molecule has 11 N–H and O–H groups in total. The van der Waals surface area contributed by atoms with Crippen molar-refractivity contribution >= 4 is 35.6 Å². The van der Waals surface area contributed by atoms with Crippen LogP contribution < -0.4 is 27.4 Å². The Bertz CT molecular complexity index is 952. The quantitative estimate of drug-likeness (QED) is 0.120. The van der Waals surface area contributed by atoms with Crippen molar-refractivity contribution in [3.8, 4) is 5.75 Å². The van der Waals surface area contributed by atoms with Crippen LogP contribution in [0.3, 0.4) is 0 Å². The van der Waals surface area contributed by atoms with Gasteiger partial charge in [-0.3, -0.25) is 24.0 Å². The van der Waals surface area contributed by atoms with Crippen molar-refractivity contribution < 1.29 is 49.2 Å². The Balaban J connectivity index is 2.89. The Morgan fingerprint density at radius 2 is 1.31 bits per heavy atom. The molecule has 0 radical (unpaired) electrons. The first-order chi connectivity index (χ1) is 16.3. The van der Waals surface area contributed by atoms with E-state index >= 15 is 0 Å². The highest BCUT2D eigenvalue weighted by Crippen LogP contribution is 2.11. The number of rotatable bonds is 14. The van der Waals surface area contributed by atoms with Gasteiger partial charge in [0.15, 0.2) is 0 Å². The van der Waals surface area contributed by atoms with Gasteiger partial charge in [0, 0.05) is 6.42 Å². The molecule has 0 saturated heterocycles. The number of aliphatic hydroxyl groups is 1. The number of hydrogen-bond donors (Lipinski definition) is 9. The van der Waals surface area contributed by atoms with Gasteiger partial charge in [-0.2, -0.15) is 0 Å². The highest BCUT2D eigenvalue weighted by atomic mass is 16.4. The minimum absolute atomic E-state index is 0.0470. The van der Waals surface area contributed by atoms with Gasteiger partial charge >= 0.3 is 11.9 Å². The van der Waals surface area contributed by atoms with Crippen molar-refractivity contribution in [3.05, 3.63) is 29.8 Å².